The van der Waals surface area contributed by atoms with Crippen LogP contribution < -0.4 is 16.4 Å². The third kappa shape index (κ3) is 7.73. The summed E-state index contributed by atoms with van der Waals surface area (Å²) < 4.78 is 80.7. The van der Waals surface area contributed by atoms with E-state index in [1.54, 1.807) is 0 Å². The van der Waals surface area contributed by atoms with E-state index in [-0.39, 0.29) is 24.0 Å². The summed E-state index contributed by atoms with van der Waals surface area (Å²) in [5, 5.41) is 4.38. The Bertz CT molecular complexity index is 1100. The second-order valence-corrected chi connectivity index (χ2v) is 12.1. The first-order chi connectivity index (χ1) is 16.6. The smallest absolute Gasteiger partial charge is 0.363 e. The lowest BCUT2D eigenvalue weighted by molar-refractivity contribution is -0.160. The second kappa shape index (κ2) is 10.4. The van der Waals surface area contributed by atoms with E-state index in [0.29, 0.717) is 12.8 Å². The molecule has 8 nitrogen and oxygen atoms in total. The number of nitrogens with two attached hydrogens (primary N) is 1. The Kier molecular flexibility index (Phi) is 8.13. The van der Waals surface area contributed by atoms with Crippen LogP contribution in [0.4, 0.5) is 17.6 Å². The zero-order valence-corrected chi connectivity index (χ0v) is 20.4. The van der Waals surface area contributed by atoms with Crippen LogP contribution in [0.1, 0.15) is 50.6 Å². The number of nitrogens with one attached hydrogen (secondary N) is 2. The molecule has 0 bridgehead atoms. The first-order valence-corrected chi connectivity index (χ1v) is 13.4. The van der Waals surface area contributed by atoms with E-state index in [1.807, 2.05) is 0 Å². The van der Waals surface area contributed by atoms with E-state index in [9.17, 15) is 40.4 Å². The molecule has 2 fully saturated rings. The highest BCUT2D eigenvalue weighted by molar-refractivity contribution is 7.91. The molecule has 2 amide bonds. The summed E-state index contributed by atoms with van der Waals surface area (Å²) in [7, 11) is -3.97. The third-order valence-electron chi connectivity index (χ3n) is 6.34. The maximum absolute atomic E-state index is 14.0. The van der Waals surface area contributed by atoms with Crippen LogP contribution in [0.5, 0.6) is 0 Å². The summed E-state index contributed by atoms with van der Waals surface area (Å²) in [4.78, 5) is 37.4. The van der Waals surface area contributed by atoms with Gasteiger partial charge in [-0.2, -0.15) is 13.2 Å². The maximum atomic E-state index is 14.0. The molecular formula is C23H29F4N3O5S. The number of Topliss-reactive ketones (excluding diaryl/α,β-unsaturated/α-hetero) is 1. The monoisotopic (exact) mass is 535 g/mol. The number of carbonyl (C=O) groups is 3. The molecule has 2 aliphatic rings. The van der Waals surface area contributed by atoms with Gasteiger partial charge in [-0.05, 0) is 55.7 Å². The summed E-state index contributed by atoms with van der Waals surface area (Å²) in [6.07, 6.45) is -2.15. The number of hydrogen-bond donors (Lipinski definition) is 3. The van der Waals surface area contributed by atoms with Crippen molar-refractivity contribution in [3.05, 3.63) is 35.6 Å². The number of carbonyl (C=O) groups excluding carboxylic acids is 3. The fourth-order valence-corrected chi connectivity index (χ4v) is 6.08. The van der Waals surface area contributed by atoms with E-state index in [0.717, 1.165) is 37.1 Å². The topological polar surface area (TPSA) is 135 Å². The van der Waals surface area contributed by atoms with Gasteiger partial charge < -0.3 is 11.1 Å². The first kappa shape index (κ1) is 28.0. The minimum absolute atomic E-state index is 0.00532. The summed E-state index contributed by atoms with van der Waals surface area (Å²) in [5.41, 5.74) is 2.88. The van der Waals surface area contributed by atoms with Gasteiger partial charge in [0.25, 0.3) is 5.91 Å². The fraction of sp³-hybridized carbons (Fsp3) is 0.609. The first-order valence-electron chi connectivity index (χ1n) is 11.5. The van der Waals surface area contributed by atoms with E-state index >= 15 is 0 Å². The molecule has 0 radical (unpaired) electrons. The predicted octanol–water partition coefficient (Wildman–Crippen LogP) is 1.94. The van der Waals surface area contributed by atoms with Crippen LogP contribution >= 0.6 is 0 Å². The molecule has 1 unspecified atom stereocenters. The van der Waals surface area contributed by atoms with Crippen LogP contribution in [0.25, 0.3) is 0 Å². The van der Waals surface area contributed by atoms with Gasteiger partial charge in [0.15, 0.2) is 9.84 Å². The summed E-state index contributed by atoms with van der Waals surface area (Å²) in [6.45, 7) is 1.24. The van der Waals surface area contributed by atoms with E-state index < -0.39 is 68.4 Å². The molecule has 3 atom stereocenters. The Morgan fingerprint density at radius 2 is 1.61 bits per heavy atom. The average Bonchev–Trinajstić information content (AvgIpc) is 3.68. The molecule has 0 aliphatic heterocycles. The lowest BCUT2D eigenvalue weighted by Crippen LogP contribution is -2.61. The molecule has 2 aliphatic carbocycles. The number of benzene rings is 1. The van der Waals surface area contributed by atoms with Crippen LogP contribution in [0.3, 0.4) is 0 Å². The molecule has 0 saturated heterocycles. The Hall–Kier alpha value is -2.54. The number of primary amides is 1. The van der Waals surface area contributed by atoms with Gasteiger partial charge in [0.05, 0.1) is 11.5 Å². The van der Waals surface area contributed by atoms with Crippen molar-refractivity contribution in [3.63, 3.8) is 0 Å². The Morgan fingerprint density at radius 1 is 1.06 bits per heavy atom. The second-order valence-electron chi connectivity index (χ2n) is 9.93. The number of halogens is 4. The van der Waals surface area contributed by atoms with Crippen LogP contribution in [0.15, 0.2) is 24.3 Å². The van der Waals surface area contributed by atoms with Gasteiger partial charge in [-0.25, -0.2) is 12.8 Å². The molecule has 36 heavy (non-hydrogen) atoms. The van der Waals surface area contributed by atoms with E-state index in [2.05, 4.69) is 10.6 Å². The summed E-state index contributed by atoms with van der Waals surface area (Å²) in [6, 6.07) is -1.06. The predicted molar refractivity (Wildman–Crippen MR) is 122 cm³/mol. The number of rotatable bonds is 13. The van der Waals surface area contributed by atoms with Gasteiger partial charge in [0, 0.05) is 0 Å². The van der Waals surface area contributed by atoms with Gasteiger partial charge in [-0.3, -0.25) is 19.7 Å². The molecule has 0 aromatic heterocycles. The molecule has 0 spiro atoms. The van der Waals surface area contributed by atoms with Crippen molar-refractivity contribution in [2.75, 3.05) is 11.5 Å². The van der Waals surface area contributed by atoms with Crippen molar-refractivity contribution in [2.24, 2.45) is 17.6 Å². The van der Waals surface area contributed by atoms with E-state index in [1.165, 1.54) is 6.92 Å². The van der Waals surface area contributed by atoms with Crippen molar-refractivity contribution in [1.82, 2.24) is 10.6 Å². The number of sulfone groups is 1. The molecule has 3 rings (SSSR count). The molecule has 200 valence electrons. The molecule has 1 aromatic rings. The largest absolute Gasteiger partial charge is 0.407 e. The highest BCUT2D eigenvalue weighted by Crippen LogP contribution is 2.38. The van der Waals surface area contributed by atoms with Crippen LogP contribution in [0.2, 0.25) is 0 Å². The minimum Gasteiger partial charge on any atom is -0.363 e. The maximum Gasteiger partial charge on any atom is 0.407 e. The van der Waals surface area contributed by atoms with Gasteiger partial charge in [-0.15, -0.1) is 0 Å². The fourth-order valence-electron chi connectivity index (χ4n) is 4.13. The summed E-state index contributed by atoms with van der Waals surface area (Å²) >= 11 is 0. The van der Waals surface area contributed by atoms with Crippen molar-refractivity contribution in [2.45, 2.75) is 62.8 Å². The molecule has 13 heteroatoms. The van der Waals surface area contributed by atoms with Crippen molar-refractivity contribution >= 4 is 27.4 Å². The SMILES string of the molecule is CC(CC1CC1)(NC(=O)[C@H](CS(=O)(=O)CC1CC1)N[C@@H](c1ccc(F)cc1)C(F)(F)F)C(=O)C(N)=O. The lowest BCUT2D eigenvalue weighted by atomic mass is 9.88. The highest BCUT2D eigenvalue weighted by atomic mass is 32.2. The molecule has 0 heterocycles. The van der Waals surface area contributed by atoms with Gasteiger partial charge >= 0.3 is 6.18 Å². The number of ketones is 1. The number of amides is 2. The molecule has 2 saturated carbocycles. The molecular weight excluding hydrogens is 506 g/mol. The zero-order valence-electron chi connectivity index (χ0n) is 19.6. The van der Waals surface area contributed by atoms with Crippen molar-refractivity contribution in [1.29, 1.82) is 0 Å². The van der Waals surface area contributed by atoms with Crippen molar-refractivity contribution in [3.8, 4) is 0 Å². The summed E-state index contributed by atoms with van der Waals surface area (Å²) in [5.74, 6) is -5.79. The Morgan fingerprint density at radius 3 is 2.08 bits per heavy atom. The third-order valence-corrected chi connectivity index (χ3v) is 8.16. The van der Waals surface area contributed by atoms with Gasteiger partial charge in [0.2, 0.25) is 11.7 Å². The Labute approximate surface area is 206 Å². The van der Waals surface area contributed by atoms with E-state index in [4.69, 9.17) is 5.73 Å². The Balaban J connectivity index is 1.92. The standard InChI is InChI=1S/C23H29F4N3O5S/c1-22(10-13-2-3-13,19(31)20(28)32)30-21(33)17(12-36(34,35)11-14-4-5-14)29-18(23(25,26)27)15-6-8-16(24)9-7-15/h6-9,13-14,17-18,29H,2-5,10-12H2,1H3,(H2,28,32)(H,30,33)/t17-,18-,22?/m0/s1. The van der Waals surface area contributed by atoms with Gasteiger partial charge in [-0.1, -0.05) is 25.0 Å². The quantitative estimate of drug-likeness (QED) is 0.261. The number of alkyl halides is 3. The number of hydrogen-bond acceptors (Lipinski definition) is 6. The molecule has 1 aromatic carbocycles. The average molecular weight is 536 g/mol. The zero-order chi connectivity index (χ0) is 26.9. The van der Waals surface area contributed by atoms with Crippen LogP contribution in [0, 0.1) is 17.7 Å². The molecule has 4 N–H and O–H groups in total. The van der Waals surface area contributed by atoms with Crippen LogP contribution in [-0.2, 0) is 24.2 Å². The lowest BCUT2D eigenvalue weighted by Gasteiger charge is -2.32. The minimum atomic E-state index is -4.98. The van der Waals surface area contributed by atoms with Crippen molar-refractivity contribution < 1.29 is 40.4 Å². The van der Waals surface area contributed by atoms with Crippen LogP contribution in [-0.4, -0.2) is 55.3 Å². The van der Waals surface area contributed by atoms with Gasteiger partial charge in [0.1, 0.15) is 23.4 Å². The highest BCUT2D eigenvalue weighted by Gasteiger charge is 2.47. The normalized spacial score (nSPS) is 19.7.